The van der Waals surface area contributed by atoms with E-state index in [1.54, 1.807) is 6.08 Å². The minimum Gasteiger partial charge on any atom is -0.394 e. The minimum absolute atomic E-state index is 0.0704. The monoisotopic (exact) mass is 1090 g/mol. The second-order valence-electron chi connectivity index (χ2n) is 24.6. The van der Waals surface area contributed by atoms with E-state index in [9.17, 15) is 15.0 Å². The van der Waals surface area contributed by atoms with Crippen molar-refractivity contribution in [1.82, 2.24) is 5.32 Å². The molecular weight excluding hydrogens is 951 g/mol. The lowest BCUT2D eigenvalue weighted by Gasteiger charge is -2.19. The molecule has 0 heterocycles. The van der Waals surface area contributed by atoms with Crippen LogP contribution >= 0.6 is 0 Å². The standard InChI is InChI=1S/C74H141NO3/c1-3-5-7-9-11-13-15-17-19-21-23-25-27-29-31-33-35-36-37-38-40-42-44-46-48-50-52-54-56-58-60-62-64-66-68-70-74(78)75-72(71-76)73(77)69-67-65-63-61-59-57-55-53-51-49-47-45-43-41-39-34-32-30-28-26-24-22-20-18-16-14-12-10-8-6-4-2/h21,23,51,53,59,61,67,69,72-73,76-77H,3-20,22,24-50,52,54-58,60,62-66,68,70-71H2,1-2H3,(H,75,78)/b23-21-,53-51+,61-59+,69-67+. The predicted molar refractivity (Wildman–Crippen MR) is 350 cm³/mol. The molecule has 460 valence electrons. The first-order valence-electron chi connectivity index (χ1n) is 35.9. The smallest absolute Gasteiger partial charge is 0.220 e. The van der Waals surface area contributed by atoms with Gasteiger partial charge in [-0.3, -0.25) is 4.79 Å². The molecule has 4 nitrogen and oxygen atoms in total. The van der Waals surface area contributed by atoms with E-state index in [2.05, 4.69) is 55.6 Å². The number of unbranched alkanes of at least 4 members (excludes halogenated alkanes) is 54. The second-order valence-corrected chi connectivity index (χ2v) is 24.6. The molecule has 1 amide bonds. The first-order chi connectivity index (χ1) is 38.7. The Hall–Kier alpha value is -1.65. The molecule has 0 aromatic rings. The summed E-state index contributed by atoms with van der Waals surface area (Å²) in [5, 5.41) is 23.3. The van der Waals surface area contributed by atoms with Gasteiger partial charge in [0.2, 0.25) is 5.91 Å². The maximum atomic E-state index is 12.5. The third kappa shape index (κ3) is 65.2. The van der Waals surface area contributed by atoms with Crippen molar-refractivity contribution >= 4 is 5.91 Å². The van der Waals surface area contributed by atoms with E-state index in [0.29, 0.717) is 6.42 Å². The Balaban J connectivity index is 3.46. The van der Waals surface area contributed by atoms with E-state index in [1.165, 1.54) is 340 Å². The lowest BCUT2D eigenvalue weighted by atomic mass is 10.0. The van der Waals surface area contributed by atoms with Crippen molar-refractivity contribution < 1.29 is 15.0 Å². The molecule has 0 aromatic carbocycles. The Morgan fingerprint density at radius 2 is 0.500 bits per heavy atom. The van der Waals surface area contributed by atoms with Crippen LogP contribution in [0.5, 0.6) is 0 Å². The molecule has 4 heteroatoms. The maximum absolute atomic E-state index is 12.5. The average Bonchev–Trinajstić information content (AvgIpc) is 3.44. The average molecular weight is 1090 g/mol. The van der Waals surface area contributed by atoms with Crippen molar-refractivity contribution in [2.24, 2.45) is 0 Å². The molecule has 2 atom stereocenters. The zero-order chi connectivity index (χ0) is 56.2. The summed E-state index contributed by atoms with van der Waals surface area (Å²) < 4.78 is 0. The minimum atomic E-state index is -0.872. The maximum Gasteiger partial charge on any atom is 0.220 e. The van der Waals surface area contributed by atoms with Crippen molar-refractivity contribution in [2.75, 3.05) is 6.61 Å². The van der Waals surface area contributed by atoms with Gasteiger partial charge in [-0.05, 0) is 70.6 Å². The highest BCUT2D eigenvalue weighted by Crippen LogP contribution is 2.19. The summed E-state index contributed by atoms with van der Waals surface area (Å²) in [7, 11) is 0. The topological polar surface area (TPSA) is 69.6 Å². The van der Waals surface area contributed by atoms with Crippen LogP contribution in [0.3, 0.4) is 0 Å². The largest absolute Gasteiger partial charge is 0.394 e. The van der Waals surface area contributed by atoms with E-state index in [1.807, 2.05) is 6.08 Å². The number of amides is 1. The summed E-state index contributed by atoms with van der Waals surface area (Å²) in [5.41, 5.74) is 0. The zero-order valence-corrected chi connectivity index (χ0v) is 53.2. The SMILES string of the molecule is CCCCCCCCCC/C=C\CCCCCCCCCCCCCCCCCCCCCCCCCC(=O)NC(CO)C(O)/C=C/CC/C=C/CC/C=C/CCCCCCCCCCCCCCCCCCCCCCC. The van der Waals surface area contributed by atoms with E-state index < -0.39 is 12.1 Å². The Morgan fingerprint density at radius 3 is 0.744 bits per heavy atom. The number of rotatable bonds is 67. The first-order valence-corrected chi connectivity index (χ1v) is 35.9. The molecule has 0 rings (SSSR count). The molecule has 0 fully saturated rings. The van der Waals surface area contributed by atoms with Crippen LogP contribution < -0.4 is 5.32 Å². The second kappa shape index (κ2) is 69.6. The molecule has 78 heavy (non-hydrogen) atoms. The van der Waals surface area contributed by atoms with Gasteiger partial charge in [0.15, 0.2) is 0 Å². The van der Waals surface area contributed by atoms with E-state index in [-0.39, 0.29) is 12.5 Å². The van der Waals surface area contributed by atoms with Crippen LogP contribution in [0.25, 0.3) is 0 Å². The molecular formula is C74H141NO3. The van der Waals surface area contributed by atoms with Crippen LogP contribution in [0.1, 0.15) is 399 Å². The molecule has 0 saturated heterocycles. The highest BCUT2D eigenvalue weighted by Gasteiger charge is 2.18. The summed E-state index contributed by atoms with van der Waals surface area (Å²) in [6.07, 6.45) is 97.9. The number of aliphatic hydroxyl groups is 2. The van der Waals surface area contributed by atoms with Crippen LogP contribution in [0.2, 0.25) is 0 Å². The Labute approximate surface area is 490 Å². The molecule has 3 N–H and O–H groups in total. The van der Waals surface area contributed by atoms with Crippen LogP contribution in [-0.4, -0.2) is 34.9 Å². The van der Waals surface area contributed by atoms with Gasteiger partial charge >= 0.3 is 0 Å². The summed E-state index contributed by atoms with van der Waals surface area (Å²) in [6, 6.07) is -0.647. The number of hydrogen-bond acceptors (Lipinski definition) is 3. The van der Waals surface area contributed by atoms with Gasteiger partial charge in [-0.25, -0.2) is 0 Å². The highest BCUT2D eigenvalue weighted by molar-refractivity contribution is 5.76. The fourth-order valence-corrected chi connectivity index (χ4v) is 11.3. The molecule has 0 bridgehead atoms. The summed E-state index contributed by atoms with van der Waals surface area (Å²) >= 11 is 0. The number of nitrogens with one attached hydrogen (secondary N) is 1. The van der Waals surface area contributed by atoms with Gasteiger partial charge in [0.25, 0.3) is 0 Å². The number of allylic oxidation sites excluding steroid dienone is 7. The molecule has 0 aliphatic rings. The van der Waals surface area contributed by atoms with E-state index in [4.69, 9.17) is 0 Å². The fraction of sp³-hybridized carbons (Fsp3) is 0.878. The van der Waals surface area contributed by atoms with Crippen molar-refractivity contribution in [3.63, 3.8) is 0 Å². The molecule has 0 aliphatic carbocycles. The molecule has 0 radical (unpaired) electrons. The van der Waals surface area contributed by atoms with Crippen LogP contribution in [0, 0.1) is 0 Å². The molecule has 2 unspecified atom stereocenters. The van der Waals surface area contributed by atoms with E-state index in [0.717, 1.165) is 38.5 Å². The van der Waals surface area contributed by atoms with Gasteiger partial charge < -0.3 is 15.5 Å². The van der Waals surface area contributed by atoms with Crippen molar-refractivity contribution in [3.8, 4) is 0 Å². The Bertz CT molecular complexity index is 1240. The van der Waals surface area contributed by atoms with Crippen LogP contribution in [0.4, 0.5) is 0 Å². The zero-order valence-electron chi connectivity index (χ0n) is 53.2. The normalized spacial score (nSPS) is 12.9. The van der Waals surface area contributed by atoms with Gasteiger partial charge in [-0.15, -0.1) is 0 Å². The fourth-order valence-electron chi connectivity index (χ4n) is 11.3. The third-order valence-corrected chi connectivity index (χ3v) is 16.8. The van der Waals surface area contributed by atoms with Gasteiger partial charge in [0, 0.05) is 6.42 Å². The Morgan fingerprint density at radius 1 is 0.295 bits per heavy atom. The van der Waals surface area contributed by atoms with Crippen molar-refractivity contribution in [1.29, 1.82) is 0 Å². The molecule has 0 spiro atoms. The molecule has 0 aliphatic heterocycles. The van der Waals surface area contributed by atoms with Gasteiger partial charge in [0.05, 0.1) is 18.8 Å². The number of carbonyl (C=O) groups excluding carboxylic acids is 1. The lowest BCUT2D eigenvalue weighted by molar-refractivity contribution is -0.123. The lowest BCUT2D eigenvalue weighted by Crippen LogP contribution is -2.45. The van der Waals surface area contributed by atoms with Crippen LogP contribution in [-0.2, 0) is 4.79 Å². The number of hydrogen-bond donors (Lipinski definition) is 3. The van der Waals surface area contributed by atoms with Crippen molar-refractivity contribution in [3.05, 3.63) is 48.6 Å². The van der Waals surface area contributed by atoms with E-state index >= 15 is 0 Å². The Kier molecular flexibility index (Phi) is 68.1. The van der Waals surface area contributed by atoms with Gasteiger partial charge in [-0.1, -0.05) is 371 Å². The third-order valence-electron chi connectivity index (χ3n) is 16.8. The van der Waals surface area contributed by atoms with Crippen LogP contribution in [0.15, 0.2) is 48.6 Å². The molecule has 0 aromatic heterocycles. The number of aliphatic hydroxyl groups excluding tert-OH is 2. The summed E-state index contributed by atoms with van der Waals surface area (Å²) in [4.78, 5) is 12.5. The molecule has 0 saturated carbocycles. The van der Waals surface area contributed by atoms with Gasteiger partial charge in [-0.2, -0.15) is 0 Å². The quantitative estimate of drug-likeness (QED) is 0.0420. The number of carbonyl (C=O) groups is 1. The summed E-state index contributed by atoms with van der Waals surface area (Å²) in [6.45, 7) is 4.34. The van der Waals surface area contributed by atoms with Gasteiger partial charge in [0.1, 0.15) is 0 Å². The predicted octanol–water partition coefficient (Wildman–Crippen LogP) is 24.5. The van der Waals surface area contributed by atoms with Crippen molar-refractivity contribution in [2.45, 2.75) is 411 Å². The summed E-state index contributed by atoms with van der Waals surface area (Å²) in [5.74, 6) is -0.0704. The highest BCUT2D eigenvalue weighted by atomic mass is 16.3. The first kappa shape index (κ1) is 76.3.